The number of amides is 3. The second-order valence-electron chi connectivity index (χ2n) is 7.84. The van der Waals surface area contributed by atoms with Crippen LogP contribution in [0.2, 0.25) is 0 Å². The molecule has 2 bridgehead atoms. The normalized spacial score (nSPS) is 27.2. The Morgan fingerprint density at radius 2 is 1.70 bits per heavy atom. The number of hydrogen-bond acceptors (Lipinski definition) is 6. The van der Waals surface area contributed by atoms with Crippen LogP contribution in [0.25, 0.3) is 0 Å². The van der Waals surface area contributed by atoms with Gasteiger partial charge in [0.15, 0.2) is 6.61 Å². The summed E-state index contributed by atoms with van der Waals surface area (Å²) in [4.78, 5) is 51.0. The van der Waals surface area contributed by atoms with Gasteiger partial charge in [0.2, 0.25) is 11.8 Å². The standard InChI is InChI=1S/C22H24N2O6/c1-3-29-16-8-6-15(7-9-16)23-17(25)11-30-22(28)12(2)24-20(26)18-13-4-5-14(10-13)19(18)21(24)27/h4-9,12-14,18-19H,3,10-11H2,1-2H3,(H,23,25)/t12-,13-,14-,18+,19+/m0/s1. The fourth-order valence-corrected chi connectivity index (χ4v) is 4.67. The number of carbonyl (C=O) groups excluding carboxylic acids is 4. The highest BCUT2D eigenvalue weighted by molar-refractivity contribution is 6.09. The zero-order valence-corrected chi connectivity index (χ0v) is 16.9. The third kappa shape index (κ3) is 3.46. The fraction of sp³-hybridized carbons (Fsp3) is 0.455. The van der Waals surface area contributed by atoms with E-state index in [9.17, 15) is 19.2 Å². The van der Waals surface area contributed by atoms with Crippen molar-refractivity contribution in [3.8, 4) is 5.75 Å². The first-order chi connectivity index (χ1) is 14.4. The van der Waals surface area contributed by atoms with Gasteiger partial charge in [-0.1, -0.05) is 12.2 Å². The summed E-state index contributed by atoms with van der Waals surface area (Å²) in [7, 11) is 0. The summed E-state index contributed by atoms with van der Waals surface area (Å²) in [6, 6.07) is 5.73. The van der Waals surface area contributed by atoms with Crippen LogP contribution in [0.15, 0.2) is 36.4 Å². The maximum atomic E-state index is 12.8. The molecule has 1 saturated heterocycles. The van der Waals surface area contributed by atoms with E-state index in [1.807, 2.05) is 19.1 Å². The molecular formula is C22H24N2O6. The molecule has 2 aliphatic carbocycles. The van der Waals surface area contributed by atoms with Crippen molar-refractivity contribution in [2.24, 2.45) is 23.7 Å². The second-order valence-corrected chi connectivity index (χ2v) is 7.84. The van der Waals surface area contributed by atoms with Crippen LogP contribution < -0.4 is 10.1 Å². The molecule has 1 aliphatic heterocycles. The Labute approximate surface area is 174 Å². The molecule has 1 N–H and O–H groups in total. The van der Waals surface area contributed by atoms with Crippen molar-refractivity contribution >= 4 is 29.4 Å². The van der Waals surface area contributed by atoms with Crippen LogP contribution in [0.1, 0.15) is 20.3 Å². The molecule has 1 aromatic carbocycles. The lowest BCUT2D eigenvalue weighted by Crippen LogP contribution is -2.45. The minimum atomic E-state index is -1.06. The average molecular weight is 412 g/mol. The molecule has 8 heteroatoms. The van der Waals surface area contributed by atoms with Crippen LogP contribution in [-0.2, 0) is 23.9 Å². The highest BCUT2D eigenvalue weighted by Crippen LogP contribution is 2.52. The maximum absolute atomic E-state index is 12.8. The molecule has 4 rings (SSSR count). The number of rotatable bonds is 7. The Morgan fingerprint density at radius 3 is 2.27 bits per heavy atom. The number of hydrogen-bond donors (Lipinski definition) is 1. The lowest BCUT2D eigenvalue weighted by molar-refractivity contribution is -0.159. The average Bonchev–Trinajstić information content (AvgIpc) is 3.41. The topological polar surface area (TPSA) is 102 Å². The summed E-state index contributed by atoms with van der Waals surface area (Å²) in [5, 5.41) is 2.62. The zero-order valence-electron chi connectivity index (χ0n) is 16.9. The molecule has 0 unspecified atom stereocenters. The fourth-order valence-electron chi connectivity index (χ4n) is 4.67. The van der Waals surface area contributed by atoms with Crippen molar-refractivity contribution in [1.82, 2.24) is 4.90 Å². The van der Waals surface area contributed by atoms with Crippen molar-refractivity contribution in [2.45, 2.75) is 26.3 Å². The molecule has 3 aliphatic rings. The van der Waals surface area contributed by atoms with Crippen LogP contribution >= 0.6 is 0 Å². The van der Waals surface area contributed by atoms with E-state index in [1.165, 1.54) is 6.92 Å². The highest BCUT2D eigenvalue weighted by atomic mass is 16.5. The summed E-state index contributed by atoms with van der Waals surface area (Å²) >= 11 is 0. The molecule has 0 spiro atoms. The third-order valence-corrected chi connectivity index (χ3v) is 6.03. The van der Waals surface area contributed by atoms with Crippen molar-refractivity contribution in [3.63, 3.8) is 0 Å². The third-order valence-electron chi connectivity index (χ3n) is 6.03. The van der Waals surface area contributed by atoms with Crippen LogP contribution in [0.5, 0.6) is 5.75 Å². The van der Waals surface area contributed by atoms with Crippen LogP contribution in [0.3, 0.4) is 0 Å². The van der Waals surface area contributed by atoms with Crippen molar-refractivity contribution in [3.05, 3.63) is 36.4 Å². The monoisotopic (exact) mass is 412 g/mol. The number of anilines is 1. The molecular weight excluding hydrogens is 388 g/mol. The molecule has 0 aromatic heterocycles. The summed E-state index contributed by atoms with van der Waals surface area (Å²) < 4.78 is 10.4. The largest absolute Gasteiger partial charge is 0.494 e. The molecule has 1 aromatic rings. The molecule has 0 radical (unpaired) electrons. The summed E-state index contributed by atoms with van der Waals surface area (Å²) in [5.74, 6) is -1.83. The number of nitrogens with zero attached hydrogens (tertiary/aromatic N) is 1. The smallest absolute Gasteiger partial charge is 0.329 e. The number of allylic oxidation sites excluding steroid dienone is 2. The lowest BCUT2D eigenvalue weighted by Gasteiger charge is -2.23. The summed E-state index contributed by atoms with van der Waals surface area (Å²) in [6.45, 7) is 3.37. The first-order valence-corrected chi connectivity index (χ1v) is 10.1. The van der Waals surface area contributed by atoms with Gasteiger partial charge < -0.3 is 14.8 Å². The SMILES string of the molecule is CCOc1ccc(NC(=O)COC(=O)[C@H](C)N2C(=O)[C@H]3[C@H](C2=O)[C@H]2C=C[C@H]3C2)cc1. The van der Waals surface area contributed by atoms with E-state index in [0.29, 0.717) is 18.0 Å². The molecule has 30 heavy (non-hydrogen) atoms. The van der Waals surface area contributed by atoms with Crippen LogP contribution in [0.4, 0.5) is 5.69 Å². The Bertz CT molecular complexity index is 879. The Kier molecular flexibility index (Phi) is 5.32. The minimum Gasteiger partial charge on any atom is -0.494 e. The molecule has 158 valence electrons. The van der Waals surface area contributed by atoms with Gasteiger partial charge in [0.25, 0.3) is 5.91 Å². The van der Waals surface area contributed by atoms with Crippen molar-refractivity contribution < 1.29 is 28.7 Å². The van der Waals surface area contributed by atoms with E-state index >= 15 is 0 Å². The predicted octanol–water partition coefficient (Wildman–Crippen LogP) is 1.76. The molecule has 5 atom stereocenters. The Morgan fingerprint density at radius 1 is 1.10 bits per heavy atom. The number of likely N-dealkylation sites (tertiary alicyclic amines) is 1. The number of carbonyl (C=O) groups is 4. The Balaban J connectivity index is 1.30. The van der Waals surface area contributed by atoms with E-state index < -0.39 is 24.5 Å². The van der Waals surface area contributed by atoms with E-state index in [1.54, 1.807) is 24.3 Å². The van der Waals surface area contributed by atoms with E-state index in [2.05, 4.69) is 5.32 Å². The van der Waals surface area contributed by atoms with Gasteiger partial charge in [0.05, 0.1) is 18.4 Å². The van der Waals surface area contributed by atoms with Gasteiger partial charge in [0.1, 0.15) is 11.8 Å². The second kappa shape index (κ2) is 7.93. The van der Waals surface area contributed by atoms with Crippen LogP contribution in [-0.4, -0.2) is 47.8 Å². The molecule has 2 fully saturated rings. The van der Waals surface area contributed by atoms with Crippen molar-refractivity contribution in [1.29, 1.82) is 0 Å². The zero-order chi connectivity index (χ0) is 21.4. The molecule has 1 heterocycles. The van der Waals surface area contributed by atoms with Gasteiger partial charge in [-0.05, 0) is 56.4 Å². The summed E-state index contributed by atoms with van der Waals surface area (Å²) in [6.07, 6.45) is 4.81. The quantitative estimate of drug-likeness (QED) is 0.416. The number of ether oxygens (including phenoxy) is 2. The first kappa shape index (κ1) is 20.1. The van der Waals surface area contributed by atoms with Gasteiger partial charge in [-0.2, -0.15) is 0 Å². The van der Waals surface area contributed by atoms with Crippen LogP contribution in [0, 0.1) is 23.7 Å². The number of nitrogens with one attached hydrogen (secondary N) is 1. The highest BCUT2D eigenvalue weighted by Gasteiger charge is 2.60. The van der Waals surface area contributed by atoms with E-state index in [4.69, 9.17) is 9.47 Å². The van der Waals surface area contributed by atoms with Crippen molar-refractivity contribution in [2.75, 3.05) is 18.5 Å². The molecule has 1 saturated carbocycles. The van der Waals surface area contributed by atoms with Gasteiger partial charge in [-0.3, -0.25) is 19.3 Å². The van der Waals surface area contributed by atoms with E-state index in [-0.39, 0.29) is 35.5 Å². The minimum absolute atomic E-state index is 0.0737. The number of fused-ring (bicyclic) bond motifs is 5. The van der Waals surface area contributed by atoms with Gasteiger partial charge in [-0.15, -0.1) is 0 Å². The maximum Gasteiger partial charge on any atom is 0.329 e. The lowest BCUT2D eigenvalue weighted by atomic mass is 9.85. The van der Waals surface area contributed by atoms with Gasteiger partial charge >= 0.3 is 5.97 Å². The molecule has 8 nitrogen and oxygen atoms in total. The predicted molar refractivity (Wildman–Crippen MR) is 106 cm³/mol. The first-order valence-electron chi connectivity index (χ1n) is 10.1. The van der Waals surface area contributed by atoms with Gasteiger partial charge in [0, 0.05) is 5.69 Å². The molecule has 3 amide bonds. The Hall–Kier alpha value is -3.16. The number of imide groups is 1. The summed E-state index contributed by atoms with van der Waals surface area (Å²) in [5.41, 5.74) is 0.535. The number of benzene rings is 1. The van der Waals surface area contributed by atoms with Gasteiger partial charge in [-0.25, -0.2) is 4.79 Å². The number of esters is 1. The van der Waals surface area contributed by atoms with E-state index in [0.717, 1.165) is 11.3 Å².